The van der Waals surface area contributed by atoms with Crippen molar-refractivity contribution in [2.75, 3.05) is 45.7 Å². The molecule has 3 N–H and O–H groups in total. The molecule has 2 aromatic rings. The molecule has 0 bridgehead atoms. The topological polar surface area (TPSA) is 169 Å². The predicted molar refractivity (Wildman–Crippen MR) is 140 cm³/mol. The number of aromatic nitrogens is 2. The molecule has 0 spiro atoms. The average Bonchev–Trinajstić information content (AvgIpc) is 2.91. The number of primary amides is 1. The Kier molecular flexibility index (Phi) is 9.45. The maximum atomic E-state index is 13.8. The molecule has 1 fully saturated rings. The first-order valence-electron chi connectivity index (χ1n) is 12.5. The minimum absolute atomic E-state index is 0.122. The molecule has 1 aliphatic rings. The lowest BCUT2D eigenvalue weighted by Gasteiger charge is -2.37. The molecule has 0 radical (unpaired) electrons. The Morgan fingerprint density at radius 2 is 1.69 bits per heavy atom. The smallest absolute Gasteiger partial charge is 0.416 e. The predicted octanol–water partition coefficient (Wildman–Crippen LogP) is 1.36. The molecule has 0 aliphatic carbocycles. The summed E-state index contributed by atoms with van der Waals surface area (Å²) in [6.45, 7) is 3.31. The summed E-state index contributed by atoms with van der Waals surface area (Å²) in [6, 6.07) is 3.68. The van der Waals surface area contributed by atoms with Crippen molar-refractivity contribution in [3.8, 4) is 5.69 Å². The van der Waals surface area contributed by atoms with Gasteiger partial charge in [-0.1, -0.05) is 6.07 Å². The van der Waals surface area contributed by atoms with Gasteiger partial charge in [-0.3, -0.25) is 24.3 Å². The van der Waals surface area contributed by atoms with E-state index in [1.807, 2.05) is 0 Å². The summed E-state index contributed by atoms with van der Waals surface area (Å²) >= 11 is 0. The molecule has 0 unspecified atom stereocenters. The second-order valence-corrected chi connectivity index (χ2v) is 9.70. The van der Waals surface area contributed by atoms with Crippen LogP contribution in [-0.2, 0) is 31.8 Å². The molecular weight excluding hydrogens is 567 g/mol. The van der Waals surface area contributed by atoms with Crippen LogP contribution in [0, 0.1) is 0 Å². The number of amides is 5. The number of hydrogen-bond acceptors (Lipinski definition) is 8. The van der Waals surface area contributed by atoms with Crippen LogP contribution in [-0.4, -0.2) is 94.3 Å². The molecule has 17 heteroatoms. The molecule has 14 nitrogen and oxygen atoms in total. The molecule has 42 heavy (non-hydrogen) atoms. The van der Waals surface area contributed by atoms with E-state index in [4.69, 9.17) is 15.3 Å². The van der Waals surface area contributed by atoms with E-state index in [1.165, 1.54) is 49.9 Å². The lowest BCUT2D eigenvalue weighted by molar-refractivity contribution is -0.168. The Labute approximate surface area is 237 Å². The molecule has 1 aromatic heterocycles. The van der Waals surface area contributed by atoms with Gasteiger partial charge < -0.3 is 20.3 Å². The Hall–Kier alpha value is -4.67. The highest BCUT2D eigenvalue weighted by Crippen LogP contribution is 2.34. The number of hydrogen-bond donors (Lipinski definition) is 2. The minimum Gasteiger partial charge on any atom is -0.434 e. The monoisotopic (exact) mass is 597 g/mol. The van der Waals surface area contributed by atoms with Crippen molar-refractivity contribution in [1.29, 1.82) is 0 Å². The first-order valence-corrected chi connectivity index (χ1v) is 12.5. The lowest BCUT2D eigenvalue weighted by atomic mass is 10.0. The highest BCUT2D eigenvalue weighted by atomic mass is 19.4. The van der Waals surface area contributed by atoms with Crippen molar-refractivity contribution in [3.63, 3.8) is 0 Å². The maximum Gasteiger partial charge on any atom is 0.416 e. The van der Waals surface area contributed by atoms with Gasteiger partial charge >= 0.3 is 24.0 Å². The number of benzene rings is 1. The fourth-order valence-electron chi connectivity index (χ4n) is 4.15. The fourth-order valence-corrected chi connectivity index (χ4v) is 4.15. The van der Waals surface area contributed by atoms with E-state index in [-0.39, 0.29) is 43.2 Å². The number of hydroxylamine groups is 2. The zero-order valence-corrected chi connectivity index (χ0v) is 23.2. The molecule has 228 valence electrons. The number of ether oxygens (including phenoxy) is 1. The zero-order valence-electron chi connectivity index (χ0n) is 23.2. The molecule has 1 aromatic carbocycles. The van der Waals surface area contributed by atoms with Crippen LogP contribution in [0.3, 0.4) is 0 Å². The summed E-state index contributed by atoms with van der Waals surface area (Å²) < 4.78 is 47.1. The van der Waals surface area contributed by atoms with Gasteiger partial charge in [0, 0.05) is 39.4 Å². The SMILES string of the molecule is CON(C)C(=O)Cc1ccc(-n2ccc(NC(=O)N3CCN(C(=O)C(C)(C)OC(N)=O)CC3)nc2=O)cc1C(F)(F)F. The molecule has 0 atom stereocenters. The molecule has 3 rings (SSSR count). The number of nitrogens with one attached hydrogen (secondary N) is 1. The molecular formula is C25H30F3N7O7. The van der Waals surface area contributed by atoms with Crippen LogP contribution in [0.25, 0.3) is 5.69 Å². The van der Waals surface area contributed by atoms with E-state index in [2.05, 4.69) is 10.3 Å². The number of halogens is 3. The maximum absolute atomic E-state index is 13.8. The van der Waals surface area contributed by atoms with E-state index in [0.29, 0.717) is 0 Å². The lowest BCUT2D eigenvalue weighted by Crippen LogP contribution is -2.56. The van der Waals surface area contributed by atoms with E-state index >= 15 is 0 Å². The van der Waals surface area contributed by atoms with Crippen molar-refractivity contribution in [1.82, 2.24) is 24.4 Å². The van der Waals surface area contributed by atoms with Crippen molar-refractivity contribution < 1.29 is 41.9 Å². The fraction of sp³-hybridized carbons (Fsp3) is 0.440. The van der Waals surface area contributed by atoms with Crippen LogP contribution in [0.2, 0.25) is 0 Å². The third-order valence-electron chi connectivity index (χ3n) is 6.41. The number of anilines is 1. The number of carbonyl (C=O) groups excluding carboxylic acids is 4. The van der Waals surface area contributed by atoms with Gasteiger partial charge in [0.05, 0.1) is 24.8 Å². The summed E-state index contributed by atoms with van der Waals surface area (Å²) in [5.74, 6) is -1.33. The van der Waals surface area contributed by atoms with Crippen molar-refractivity contribution >= 4 is 29.8 Å². The number of alkyl halides is 3. The third kappa shape index (κ3) is 7.54. The first-order chi connectivity index (χ1) is 19.5. The van der Waals surface area contributed by atoms with Gasteiger partial charge in [-0.15, -0.1) is 0 Å². The minimum atomic E-state index is -4.82. The van der Waals surface area contributed by atoms with Gasteiger partial charge in [-0.05, 0) is 37.6 Å². The molecule has 0 saturated carbocycles. The Morgan fingerprint density at radius 1 is 1.07 bits per heavy atom. The number of nitrogens with two attached hydrogens (primary N) is 1. The largest absolute Gasteiger partial charge is 0.434 e. The third-order valence-corrected chi connectivity index (χ3v) is 6.41. The van der Waals surface area contributed by atoms with Crippen LogP contribution >= 0.6 is 0 Å². The number of rotatable bonds is 7. The van der Waals surface area contributed by atoms with Gasteiger partial charge in [-0.2, -0.15) is 18.2 Å². The number of nitrogens with zero attached hydrogens (tertiary/aromatic N) is 5. The Morgan fingerprint density at radius 3 is 2.24 bits per heavy atom. The summed E-state index contributed by atoms with van der Waals surface area (Å²) in [5.41, 5.74) is 0.993. The quantitative estimate of drug-likeness (QED) is 0.451. The summed E-state index contributed by atoms with van der Waals surface area (Å²) in [4.78, 5) is 72.4. The first kappa shape index (κ1) is 31.9. The second-order valence-electron chi connectivity index (χ2n) is 9.70. The van der Waals surface area contributed by atoms with Gasteiger partial charge in [0.1, 0.15) is 5.82 Å². The summed E-state index contributed by atoms with van der Waals surface area (Å²) in [7, 11) is 2.47. The van der Waals surface area contributed by atoms with Crippen molar-refractivity contribution in [3.05, 3.63) is 52.1 Å². The number of piperazine rings is 1. The van der Waals surface area contributed by atoms with Crippen LogP contribution in [0.15, 0.2) is 35.3 Å². The van der Waals surface area contributed by atoms with Crippen LogP contribution in [0.1, 0.15) is 25.0 Å². The highest BCUT2D eigenvalue weighted by Gasteiger charge is 2.37. The van der Waals surface area contributed by atoms with E-state index in [1.54, 1.807) is 0 Å². The number of urea groups is 1. The van der Waals surface area contributed by atoms with E-state index in [0.717, 1.165) is 28.0 Å². The van der Waals surface area contributed by atoms with Crippen LogP contribution in [0.5, 0.6) is 0 Å². The standard InChI is InChI=1S/C25H30F3N7O7/c1-24(2,42-21(29)38)20(37)33-9-11-34(12-10-33)22(39)30-18-7-8-35(23(40)31-18)16-6-5-15(13-19(36)32(3)41-4)17(14-16)25(26,27)28/h5-8,14H,9-13H2,1-4H3,(H2,29,38)(H,30,31,39,40). The number of likely N-dealkylation sites (N-methyl/N-ethyl adjacent to an activating group) is 1. The van der Waals surface area contributed by atoms with Gasteiger partial charge in [-0.25, -0.2) is 19.4 Å². The molecule has 1 saturated heterocycles. The van der Waals surface area contributed by atoms with Gasteiger partial charge in [0.2, 0.25) is 5.91 Å². The highest BCUT2D eigenvalue weighted by molar-refractivity contribution is 5.89. The molecule has 1 aliphatic heterocycles. The zero-order chi connectivity index (χ0) is 31.4. The van der Waals surface area contributed by atoms with E-state index in [9.17, 15) is 37.1 Å². The Bertz CT molecular complexity index is 1420. The van der Waals surface area contributed by atoms with Crippen LogP contribution in [0.4, 0.5) is 28.6 Å². The average molecular weight is 598 g/mol. The Balaban J connectivity index is 1.70. The van der Waals surface area contributed by atoms with E-state index < -0.39 is 53.4 Å². The normalized spacial score (nSPS) is 13.9. The molecule has 5 amide bonds. The van der Waals surface area contributed by atoms with Crippen molar-refractivity contribution in [2.24, 2.45) is 5.73 Å². The summed E-state index contributed by atoms with van der Waals surface area (Å²) in [5, 5.41) is 3.26. The molecule has 2 heterocycles. The van der Waals surface area contributed by atoms with Crippen molar-refractivity contribution in [2.45, 2.75) is 32.0 Å². The summed E-state index contributed by atoms with van der Waals surface area (Å²) in [6.07, 6.45) is -5.34. The van der Waals surface area contributed by atoms with Gasteiger partial charge in [0.15, 0.2) is 5.60 Å². The van der Waals surface area contributed by atoms with Gasteiger partial charge in [0.25, 0.3) is 5.91 Å². The number of carbonyl (C=O) groups is 4. The second kappa shape index (κ2) is 12.5. The van der Waals surface area contributed by atoms with Crippen LogP contribution < -0.4 is 16.7 Å².